The number of ether oxygens (including phenoxy) is 1. The van der Waals surface area contributed by atoms with Crippen molar-refractivity contribution in [3.05, 3.63) is 64.2 Å². The fourth-order valence-electron chi connectivity index (χ4n) is 2.27. The van der Waals surface area contributed by atoms with Gasteiger partial charge in [0.25, 0.3) is 5.91 Å². The van der Waals surface area contributed by atoms with E-state index in [1.165, 1.54) is 5.56 Å². The first-order valence-corrected chi connectivity index (χ1v) is 7.64. The summed E-state index contributed by atoms with van der Waals surface area (Å²) in [5.74, 6) is 0.417. The van der Waals surface area contributed by atoms with Crippen molar-refractivity contribution >= 4 is 17.5 Å². The van der Waals surface area contributed by atoms with Crippen molar-refractivity contribution in [3.63, 3.8) is 0 Å². The number of halogens is 1. The second-order valence-electron chi connectivity index (χ2n) is 5.19. The first kappa shape index (κ1) is 16.4. The normalized spacial score (nSPS) is 11.8. The quantitative estimate of drug-likeness (QED) is 0.879. The molecule has 1 atom stereocenters. The molecule has 0 radical (unpaired) electrons. The maximum atomic E-state index is 12.4. The number of hydrogen-bond acceptors (Lipinski definition) is 2. The van der Waals surface area contributed by atoms with Crippen LogP contribution in [0.1, 0.15) is 40.9 Å². The molecule has 1 amide bonds. The maximum Gasteiger partial charge on any atom is 0.251 e. The van der Waals surface area contributed by atoms with Crippen LogP contribution in [0, 0.1) is 6.92 Å². The SMILES string of the molecule is CC[C@@H](NC(=O)c1ccc(OC)c(Cl)c1)c1ccc(C)cc1. The number of nitrogens with one attached hydrogen (secondary N) is 1. The van der Waals surface area contributed by atoms with Crippen molar-refractivity contribution < 1.29 is 9.53 Å². The molecule has 4 heteroatoms. The van der Waals surface area contributed by atoms with Crippen LogP contribution in [0.15, 0.2) is 42.5 Å². The van der Waals surface area contributed by atoms with Gasteiger partial charge in [-0.3, -0.25) is 4.79 Å². The van der Waals surface area contributed by atoms with Crippen molar-refractivity contribution in [3.8, 4) is 5.75 Å². The van der Waals surface area contributed by atoms with Crippen molar-refractivity contribution in [2.45, 2.75) is 26.3 Å². The molecule has 22 heavy (non-hydrogen) atoms. The highest BCUT2D eigenvalue weighted by molar-refractivity contribution is 6.32. The molecule has 0 aliphatic rings. The van der Waals surface area contributed by atoms with Crippen LogP contribution in [0.5, 0.6) is 5.75 Å². The van der Waals surface area contributed by atoms with Gasteiger partial charge >= 0.3 is 0 Å². The van der Waals surface area contributed by atoms with E-state index in [2.05, 4.69) is 5.32 Å². The van der Waals surface area contributed by atoms with E-state index in [4.69, 9.17) is 16.3 Å². The highest BCUT2D eigenvalue weighted by Gasteiger charge is 2.15. The van der Waals surface area contributed by atoms with Gasteiger partial charge < -0.3 is 10.1 Å². The number of amides is 1. The molecule has 0 aliphatic carbocycles. The molecule has 0 fully saturated rings. The molecule has 2 aromatic rings. The Balaban J connectivity index is 2.15. The minimum Gasteiger partial charge on any atom is -0.495 e. The molecule has 0 saturated carbocycles. The van der Waals surface area contributed by atoms with Gasteiger partial charge in [0, 0.05) is 5.56 Å². The van der Waals surface area contributed by atoms with Gasteiger partial charge in [0.2, 0.25) is 0 Å². The molecule has 1 N–H and O–H groups in total. The third-order valence-electron chi connectivity index (χ3n) is 3.61. The van der Waals surface area contributed by atoms with Gasteiger partial charge in [-0.15, -0.1) is 0 Å². The summed E-state index contributed by atoms with van der Waals surface area (Å²) in [6.45, 7) is 4.09. The third-order valence-corrected chi connectivity index (χ3v) is 3.90. The molecule has 3 nitrogen and oxygen atoms in total. The standard InChI is InChI=1S/C18H20ClNO2/c1-4-16(13-7-5-12(2)6-8-13)20-18(21)14-9-10-17(22-3)15(19)11-14/h5-11,16H,4H2,1-3H3,(H,20,21)/t16-/m1/s1. The van der Waals surface area contributed by atoms with Crippen LogP contribution < -0.4 is 10.1 Å². The van der Waals surface area contributed by atoms with Crippen LogP contribution in [-0.4, -0.2) is 13.0 Å². The fraction of sp³-hybridized carbons (Fsp3) is 0.278. The van der Waals surface area contributed by atoms with E-state index in [0.717, 1.165) is 12.0 Å². The maximum absolute atomic E-state index is 12.4. The predicted molar refractivity (Wildman–Crippen MR) is 89.7 cm³/mol. The molecule has 0 unspecified atom stereocenters. The summed E-state index contributed by atoms with van der Waals surface area (Å²) < 4.78 is 5.10. The Morgan fingerprint density at radius 1 is 1.23 bits per heavy atom. The molecular weight excluding hydrogens is 298 g/mol. The van der Waals surface area contributed by atoms with Gasteiger partial charge in [-0.1, -0.05) is 48.4 Å². The Labute approximate surface area is 136 Å². The summed E-state index contributed by atoms with van der Waals surface area (Å²) in [6.07, 6.45) is 0.818. The zero-order valence-corrected chi connectivity index (χ0v) is 13.8. The van der Waals surface area contributed by atoms with E-state index < -0.39 is 0 Å². The number of hydrogen-bond donors (Lipinski definition) is 1. The van der Waals surface area contributed by atoms with E-state index in [-0.39, 0.29) is 11.9 Å². The Morgan fingerprint density at radius 2 is 1.91 bits per heavy atom. The highest BCUT2D eigenvalue weighted by atomic mass is 35.5. The van der Waals surface area contributed by atoms with Gasteiger partial charge in [-0.05, 0) is 37.1 Å². The van der Waals surface area contributed by atoms with Crippen LogP contribution in [0.3, 0.4) is 0 Å². The van der Waals surface area contributed by atoms with Gasteiger partial charge in [0.1, 0.15) is 5.75 Å². The zero-order chi connectivity index (χ0) is 16.1. The second kappa shape index (κ2) is 7.32. The molecule has 0 saturated heterocycles. The molecule has 2 rings (SSSR count). The molecule has 0 bridgehead atoms. The number of methoxy groups -OCH3 is 1. The largest absolute Gasteiger partial charge is 0.495 e. The number of carbonyl (C=O) groups excluding carboxylic acids is 1. The average Bonchev–Trinajstić information content (AvgIpc) is 2.53. The molecular formula is C18H20ClNO2. The summed E-state index contributed by atoms with van der Waals surface area (Å²) >= 11 is 6.07. The van der Waals surface area contributed by atoms with Crippen molar-refractivity contribution in [2.24, 2.45) is 0 Å². The van der Waals surface area contributed by atoms with E-state index in [0.29, 0.717) is 16.3 Å². The lowest BCUT2D eigenvalue weighted by molar-refractivity contribution is 0.0935. The summed E-state index contributed by atoms with van der Waals surface area (Å²) in [5.41, 5.74) is 2.82. The third kappa shape index (κ3) is 3.80. The summed E-state index contributed by atoms with van der Waals surface area (Å²) in [4.78, 5) is 12.4. The van der Waals surface area contributed by atoms with Crippen LogP contribution in [-0.2, 0) is 0 Å². The van der Waals surface area contributed by atoms with Crippen molar-refractivity contribution in [1.29, 1.82) is 0 Å². The lowest BCUT2D eigenvalue weighted by Gasteiger charge is -2.18. The summed E-state index contributed by atoms with van der Waals surface area (Å²) in [7, 11) is 1.55. The molecule has 0 heterocycles. The first-order valence-electron chi connectivity index (χ1n) is 7.26. The Hall–Kier alpha value is -2.00. The lowest BCUT2D eigenvalue weighted by Crippen LogP contribution is -2.28. The van der Waals surface area contributed by atoms with Crippen LogP contribution in [0.25, 0.3) is 0 Å². The van der Waals surface area contributed by atoms with E-state index in [1.54, 1.807) is 25.3 Å². The van der Waals surface area contributed by atoms with Gasteiger partial charge in [-0.2, -0.15) is 0 Å². The topological polar surface area (TPSA) is 38.3 Å². The molecule has 0 spiro atoms. The number of rotatable bonds is 5. The lowest BCUT2D eigenvalue weighted by atomic mass is 10.0. The molecule has 116 valence electrons. The summed E-state index contributed by atoms with van der Waals surface area (Å²) in [6, 6.07) is 13.2. The predicted octanol–water partition coefficient (Wildman–Crippen LogP) is 4.54. The Bertz CT molecular complexity index is 653. The Morgan fingerprint density at radius 3 is 2.45 bits per heavy atom. The smallest absolute Gasteiger partial charge is 0.251 e. The van der Waals surface area contributed by atoms with Crippen LogP contribution in [0.4, 0.5) is 0 Å². The van der Waals surface area contributed by atoms with E-state index in [9.17, 15) is 4.79 Å². The minimum atomic E-state index is -0.142. The van der Waals surface area contributed by atoms with Gasteiger partial charge in [0.05, 0.1) is 18.2 Å². The fourth-order valence-corrected chi connectivity index (χ4v) is 2.53. The average molecular weight is 318 g/mol. The summed E-state index contributed by atoms with van der Waals surface area (Å²) in [5, 5.41) is 3.47. The number of carbonyl (C=O) groups is 1. The minimum absolute atomic E-state index is 0.0195. The monoisotopic (exact) mass is 317 g/mol. The Kier molecular flexibility index (Phi) is 5.45. The van der Waals surface area contributed by atoms with Crippen LogP contribution in [0.2, 0.25) is 5.02 Å². The van der Waals surface area contributed by atoms with E-state index in [1.807, 2.05) is 38.1 Å². The molecule has 0 aliphatic heterocycles. The number of benzene rings is 2. The molecule has 2 aromatic carbocycles. The zero-order valence-electron chi connectivity index (χ0n) is 13.0. The first-order chi connectivity index (χ1) is 10.5. The second-order valence-corrected chi connectivity index (χ2v) is 5.60. The van der Waals surface area contributed by atoms with Gasteiger partial charge in [0.15, 0.2) is 0 Å². The van der Waals surface area contributed by atoms with Crippen molar-refractivity contribution in [1.82, 2.24) is 5.32 Å². The van der Waals surface area contributed by atoms with Gasteiger partial charge in [-0.25, -0.2) is 0 Å². The highest BCUT2D eigenvalue weighted by Crippen LogP contribution is 2.25. The van der Waals surface area contributed by atoms with Crippen LogP contribution >= 0.6 is 11.6 Å². The van der Waals surface area contributed by atoms with E-state index >= 15 is 0 Å². The van der Waals surface area contributed by atoms with Crippen molar-refractivity contribution in [2.75, 3.05) is 7.11 Å². The number of aryl methyl sites for hydroxylation is 1. The molecule has 0 aromatic heterocycles.